The van der Waals surface area contributed by atoms with Crippen LogP contribution in [-0.4, -0.2) is 32.2 Å². The van der Waals surface area contributed by atoms with Crippen LogP contribution in [0.25, 0.3) is 0 Å². The summed E-state index contributed by atoms with van der Waals surface area (Å²) in [4.78, 5) is 12.1. The van der Waals surface area contributed by atoms with E-state index in [0.717, 1.165) is 12.1 Å². The van der Waals surface area contributed by atoms with Gasteiger partial charge in [-0.3, -0.25) is 4.79 Å². The van der Waals surface area contributed by atoms with E-state index in [-0.39, 0.29) is 28.7 Å². The van der Waals surface area contributed by atoms with Crippen molar-refractivity contribution in [2.75, 3.05) is 25.6 Å². The minimum atomic E-state index is -0.819. The minimum Gasteiger partial charge on any atom is -0.379 e. The van der Waals surface area contributed by atoms with Crippen molar-refractivity contribution in [2.45, 2.75) is 6.04 Å². The quantitative estimate of drug-likeness (QED) is 0.887. The molecule has 0 saturated carbocycles. The fraction of sp³-hybridized carbons (Fsp3) is 0.417. The van der Waals surface area contributed by atoms with Crippen LogP contribution in [0.4, 0.5) is 14.5 Å². The van der Waals surface area contributed by atoms with Gasteiger partial charge >= 0.3 is 0 Å². The molecule has 1 heterocycles. The topological polar surface area (TPSA) is 50.4 Å². The van der Waals surface area contributed by atoms with Gasteiger partial charge in [-0.2, -0.15) is 0 Å². The van der Waals surface area contributed by atoms with Gasteiger partial charge in [0.1, 0.15) is 5.82 Å². The standard InChI is InChI=1S/C12H13BrF2N2O2/c1-16-10-5-19-4-7(10)12(18)17-11-8(13)2-6(14)3-9(11)15/h2-3,7,10,16H,4-5H2,1H3,(H,17,18). The Labute approximate surface area is 117 Å². The highest BCUT2D eigenvalue weighted by Gasteiger charge is 2.33. The average Bonchev–Trinajstić information content (AvgIpc) is 2.81. The molecule has 2 unspecified atom stereocenters. The van der Waals surface area contributed by atoms with Crippen LogP contribution in [-0.2, 0) is 9.53 Å². The molecule has 1 aromatic carbocycles. The number of carbonyl (C=O) groups excluding carboxylic acids is 1. The second-order valence-corrected chi connectivity index (χ2v) is 5.13. The SMILES string of the molecule is CNC1COCC1C(=O)Nc1c(F)cc(F)cc1Br. The number of amides is 1. The molecule has 4 nitrogen and oxygen atoms in total. The van der Waals surface area contributed by atoms with Crippen molar-refractivity contribution in [1.82, 2.24) is 5.32 Å². The molecular weight excluding hydrogens is 322 g/mol. The molecule has 1 fully saturated rings. The van der Waals surface area contributed by atoms with Crippen molar-refractivity contribution >= 4 is 27.5 Å². The summed E-state index contributed by atoms with van der Waals surface area (Å²) in [5, 5.41) is 5.43. The molecule has 104 valence electrons. The lowest BCUT2D eigenvalue weighted by Gasteiger charge is -2.17. The zero-order valence-electron chi connectivity index (χ0n) is 10.2. The Bertz CT molecular complexity index is 476. The fourth-order valence-corrected chi connectivity index (χ4v) is 2.48. The van der Waals surface area contributed by atoms with E-state index >= 15 is 0 Å². The van der Waals surface area contributed by atoms with Crippen LogP contribution in [0.2, 0.25) is 0 Å². The maximum absolute atomic E-state index is 13.6. The number of hydrogen-bond donors (Lipinski definition) is 2. The molecule has 2 N–H and O–H groups in total. The largest absolute Gasteiger partial charge is 0.379 e. The van der Waals surface area contributed by atoms with Crippen molar-refractivity contribution in [3.63, 3.8) is 0 Å². The molecule has 0 bridgehead atoms. The van der Waals surface area contributed by atoms with Crippen LogP contribution in [0.3, 0.4) is 0 Å². The van der Waals surface area contributed by atoms with E-state index in [2.05, 4.69) is 26.6 Å². The number of ether oxygens (including phenoxy) is 1. The van der Waals surface area contributed by atoms with Gasteiger partial charge < -0.3 is 15.4 Å². The van der Waals surface area contributed by atoms with Crippen molar-refractivity contribution in [1.29, 1.82) is 0 Å². The van der Waals surface area contributed by atoms with E-state index in [0.29, 0.717) is 6.61 Å². The third-order valence-electron chi connectivity index (χ3n) is 3.04. The van der Waals surface area contributed by atoms with Crippen LogP contribution in [0.15, 0.2) is 16.6 Å². The van der Waals surface area contributed by atoms with Crippen LogP contribution >= 0.6 is 15.9 Å². The molecule has 1 saturated heterocycles. The van der Waals surface area contributed by atoms with Gasteiger partial charge in [-0.15, -0.1) is 0 Å². The zero-order chi connectivity index (χ0) is 14.0. The Balaban J connectivity index is 2.15. The van der Waals surface area contributed by atoms with Gasteiger partial charge in [-0.1, -0.05) is 0 Å². The van der Waals surface area contributed by atoms with E-state index in [4.69, 9.17) is 4.74 Å². The molecule has 19 heavy (non-hydrogen) atoms. The minimum absolute atomic E-state index is 0.0619. The summed E-state index contributed by atoms with van der Waals surface area (Å²) in [7, 11) is 1.73. The molecule has 2 atom stereocenters. The predicted molar refractivity (Wildman–Crippen MR) is 69.8 cm³/mol. The van der Waals surface area contributed by atoms with Crippen LogP contribution in [0.1, 0.15) is 0 Å². The molecule has 0 aromatic heterocycles. The molecule has 0 spiro atoms. The second kappa shape index (κ2) is 5.94. The number of nitrogens with one attached hydrogen (secondary N) is 2. The van der Waals surface area contributed by atoms with Gasteiger partial charge in [-0.25, -0.2) is 8.78 Å². The van der Waals surface area contributed by atoms with E-state index in [1.807, 2.05) is 0 Å². The number of carbonyl (C=O) groups is 1. The number of anilines is 1. The molecule has 7 heteroatoms. The van der Waals surface area contributed by atoms with Crippen molar-refractivity contribution < 1.29 is 18.3 Å². The summed E-state index contributed by atoms with van der Waals surface area (Å²) >= 11 is 3.03. The lowest BCUT2D eigenvalue weighted by Crippen LogP contribution is -2.39. The van der Waals surface area contributed by atoms with Gasteiger partial charge in [0.2, 0.25) is 5.91 Å². The first kappa shape index (κ1) is 14.4. The smallest absolute Gasteiger partial charge is 0.231 e. The van der Waals surface area contributed by atoms with Crippen molar-refractivity contribution in [3.05, 3.63) is 28.2 Å². The van der Waals surface area contributed by atoms with Crippen LogP contribution in [0, 0.1) is 17.6 Å². The molecule has 1 aliphatic rings. The first-order valence-corrected chi connectivity index (χ1v) is 6.52. The molecule has 0 radical (unpaired) electrons. The third-order valence-corrected chi connectivity index (χ3v) is 3.67. The molecule has 1 amide bonds. The second-order valence-electron chi connectivity index (χ2n) is 4.27. The van der Waals surface area contributed by atoms with E-state index in [9.17, 15) is 13.6 Å². The zero-order valence-corrected chi connectivity index (χ0v) is 11.8. The monoisotopic (exact) mass is 334 g/mol. The van der Waals surface area contributed by atoms with Gasteiger partial charge in [0.05, 0.1) is 24.8 Å². The lowest BCUT2D eigenvalue weighted by molar-refractivity contribution is -0.120. The van der Waals surface area contributed by atoms with Gasteiger partial charge in [-0.05, 0) is 29.0 Å². The van der Waals surface area contributed by atoms with Gasteiger partial charge in [0.15, 0.2) is 5.82 Å². The number of benzene rings is 1. The van der Waals surface area contributed by atoms with Crippen molar-refractivity contribution in [3.8, 4) is 0 Å². The molecule has 2 rings (SSSR count). The summed E-state index contributed by atoms with van der Waals surface area (Å²) < 4.78 is 31.9. The van der Waals surface area contributed by atoms with E-state index < -0.39 is 17.6 Å². The highest BCUT2D eigenvalue weighted by Crippen LogP contribution is 2.28. The van der Waals surface area contributed by atoms with E-state index in [1.54, 1.807) is 7.05 Å². The highest BCUT2D eigenvalue weighted by atomic mass is 79.9. The number of likely N-dealkylation sites (N-methyl/N-ethyl adjacent to an activating group) is 1. The van der Waals surface area contributed by atoms with Gasteiger partial charge in [0, 0.05) is 16.6 Å². The normalized spacial score (nSPS) is 22.5. The summed E-state index contributed by atoms with van der Waals surface area (Å²) in [6, 6.07) is 1.71. The third kappa shape index (κ3) is 3.10. The maximum atomic E-state index is 13.6. The van der Waals surface area contributed by atoms with Crippen molar-refractivity contribution in [2.24, 2.45) is 5.92 Å². The summed E-state index contributed by atoms with van der Waals surface area (Å²) in [5.41, 5.74) is -0.0619. The fourth-order valence-electron chi connectivity index (χ4n) is 1.97. The molecule has 1 aliphatic heterocycles. The Morgan fingerprint density at radius 2 is 2.16 bits per heavy atom. The first-order valence-electron chi connectivity index (χ1n) is 5.73. The summed E-state index contributed by atoms with van der Waals surface area (Å²) in [6.45, 7) is 0.708. The lowest BCUT2D eigenvalue weighted by atomic mass is 10.0. The summed E-state index contributed by atoms with van der Waals surface area (Å²) in [5.74, 6) is -2.29. The van der Waals surface area contributed by atoms with Crippen LogP contribution in [0.5, 0.6) is 0 Å². The molecular formula is C12H13BrF2N2O2. The average molecular weight is 335 g/mol. The highest BCUT2D eigenvalue weighted by molar-refractivity contribution is 9.10. The Morgan fingerprint density at radius 3 is 2.79 bits per heavy atom. The Morgan fingerprint density at radius 1 is 1.42 bits per heavy atom. The van der Waals surface area contributed by atoms with E-state index in [1.165, 1.54) is 0 Å². The van der Waals surface area contributed by atoms with Gasteiger partial charge in [0.25, 0.3) is 0 Å². The Kier molecular flexibility index (Phi) is 4.49. The number of hydrogen-bond acceptors (Lipinski definition) is 3. The first-order chi connectivity index (χ1) is 9.02. The van der Waals surface area contributed by atoms with Crippen LogP contribution < -0.4 is 10.6 Å². The Hall–Kier alpha value is -1.05. The molecule has 1 aromatic rings. The molecule has 0 aliphatic carbocycles. The maximum Gasteiger partial charge on any atom is 0.231 e. The summed E-state index contributed by atoms with van der Waals surface area (Å²) in [6.07, 6.45) is 0. The number of rotatable bonds is 3. The number of halogens is 3. The predicted octanol–water partition coefficient (Wildman–Crippen LogP) is 1.90.